The molecule has 0 spiro atoms. The summed E-state index contributed by atoms with van der Waals surface area (Å²) in [6, 6.07) is 0. The fourth-order valence-corrected chi connectivity index (χ4v) is 1.60. The van der Waals surface area contributed by atoms with E-state index >= 15 is 0 Å². The number of rotatable bonds is 13. The van der Waals surface area contributed by atoms with Crippen LogP contribution in [-0.4, -0.2) is 96.9 Å². The smallest absolute Gasteiger partial charge is 0.333 e. The maximum absolute atomic E-state index is 11.8. The highest BCUT2D eigenvalue weighted by Gasteiger charge is 2.18. The van der Waals surface area contributed by atoms with E-state index in [2.05, 4.69) is 0 Å². The van der Waals surface area contributed by atoms with Crippen LogP contribution in [0.4, 0.5) is 0 Å². The van der Waals surface area contributed by atoms with Crippen LogP contribution < -0.4 is 11.5 Å². The van der Waals surface area contributed by atoms with Crippen molar-refractivity contribution in [3.05, 3.63) is 0 Å². The Morgan fingerprint density at radius 3 is 1.39 bits per heavy atom. The number of hydrogen-bond acceptors (Lipinski definition) is 10. The third kappa shape index (κ3) is 12.6. The molecule has 0 radical (unpaired) electrons. The molecule has 0 aromatic carbocycles. The molecule has 0 aliphatic rings. The summed E-state index contributed by atoms with van der Waals surface area (Å²) in [7, 11) is 0. The molecule has 0 bridgehead atoms. The first-order valence-corrected chi connectivity index (χ1v) is 8.33. The topological polar surface area (TPSA) is 218 Å². The molecule has 0 aromatic rings. The third-order valence-corrected chi connectivity index (χ3v) is 2.84. The highest BCUT2D eigenvalue weighted by atomic mass is 16.7. The molecule has 0 saturated carbocycles. The van der Waals surface area contributed by atoms with E-state index in [4.69, 9.17) is 51.6 Å². The average molecular weight is 408 g/mol. The Kier molecular flexibility index (Phi) is 13.9. The van der Waals surface area contributed by atoms with E-state index in [1.807, 2.05) is 0 Å². The van der Waals surface area contributed by atoms with Crippen LogP contribution in [0.5, 0.6) is 0 Å². The summed E-state index contributed by atoms with van der Waals surface area (Å²) >= 11 is 0. The molecule has 0 aliphatic carbocycles. The molecule has 28 heavy (non-hydrogen) atoms. The largest absolute Gasteiger partial charge is 0.394 e. The summed E-state index contributed by atoms with van der Waals surface area (Å²) in [6.45, 7) is -0.121. The summed E-state index contributed by atoms with van der Waals surface area (Å²) in [5, 5.41) is 33.4. The average Bonchev–Trinajstić information content (AvgIpc) is 2.64. The molecular formula is C14H28N6O8. The Labute approximate surface area is 161 Å². The van der Waals surface area contributed by atoms with E-state index in [1.54, 1.807) is 0 Å². The van der Waals surface area contributed by atoms with Gasteiger partial charge in [0.2, 0.25) is 11.9 Å². The molecule has 0 aromatic heterocycles. The van der Waals surface area contributed by atoms with Crippen molar-refractivity contribution in [1.29, 1.82) is 10.8 Å². The normalized spacial score (nSPS) is 10.2. The van der Waals surface area contributed by atoms with Crippen LogP contribution >= 0.6 is 0 Å². The first kappa shape index (κ1) is 25.3. The van der Waals surface area contributed by atoms with E-state index in [0.717, 1.165) is 10.1 Å². The molecular weight excluding hydrogens is 380 g/mol. The fourth-order valence-electron chi connectivity index (χ4n) is 1.60. The highest BCUT2D eigenvalue weighted by Crippen LogP contribution is 2.01. The van der Waals surface area contributed by atoms with E-state index in [1.165, 1.54) is 0 Å². The molecule has 0 unspecified atom stereocenters. The number of carbonyl (C=O) groups is 2. The Morgan fingerprint density at radius 1 is 0.750 bits per heavy atom. The zero-order chi connectivity index (χ0) is 21.4. The number of nitrogens with zero attached hydrogens (tertiary/aromatic N) is 2. The first-order valence-electron chi connectivity index (χ1n) is 8.33. The van der Waals surface area contributed by atoms with Gasteiger partial charge in [0.15, 0.2) is 0 Å². The lowest BCUT2D eigenvalue weighted by atomic mass is 10.3. The van der Waals surface area contributed by atoms with Gasteiger partial charge in [-0.2, -0.15) is 10.1 Å². The summed E-state index contributed by atoms with van der Waals surface area (Å²) in [4.78, 5) is 33.3. The van der Waals surface area contributed by atoms with Gasteiger partial charge in [0.05, 0.1) is 65.6 Å². The van der Waals surface area contributed by atoms with Crippen LogP contribution in [0.1, 0.15) is 12.8 Å². The maximum Gasteiger partial charge on any atom is 0.333 e. The number of carbonyl (C=O) groups excluding carboxylic acids is 2. The zero-order valence-corrected chi connectivity index (χ0v) is 15.5. The zero-order valence-electron chi connectivity index (χ0n) is 15.5. The standard InChI is InChI=1S/C14H28N6O8/c15-13(16)19(3-7-25-9-5-21)27-11(23)1-2-12(24)28-20(14(17)18)4-8-26-10-6-22/h21-22H,1-10H2,(H3,15,16)(H3,17,18). The van der Waals surface area contributed by atoms with Gasteiger partial charge in [-0.05, 0) is 0 Å². The van der Waals surface area contributed by atoms with Crippen LogP contribution in [0, 0.1) is 10.8 Å². The lowest BCUT2D eigenvalue weighted by Crippen LogP contribution is -2.41. The van der Waals surface area contributed by atoms with Gasteiger partial charge >= 0.3 is 11.9 Å². The number of hydrogen-bond donors (Lipinski definition) is 6. The SMILES string of the molecule is N=C(N)N(CCOCCO)OC(=O)CCC(=O)ON(CCOCCO)C(=N)N. The van der Waals surface area contributed by atoms with Crippen molar-refractivity contribution in [2.24, 2.45) is 11.5 Å². The van der Waals surface area contributed by atoms with Crippen LogP contribution in [-0.2, 0) is 28.7 Å². The molecule has 0 aliphatic heterocycles. The minimum Gasteiger partial charge on any atom is -0.394 e. The summed E-state index contributed by atoms with van der Waals surface area (Å²) in [5.74, 6) is -2.74. The van der Waals surface area contributed by atoms with E-state index < -0.39 is 23.9 Å². The molecule has 0 atom stereocenters. The van der Waals surface area contributed by atoms with Crippen LogP contribution in [0.2, 0.25) is 0 Å². The third-order valence-electron chi connectivity index (χ3n) is 2.84. The Morgan fingerprint density at radius 2 is 1.11 bits per heavy atom. The molecule has 162 valence electrons. The molecule has 14 heteroatoms. The number of guanidine groups is 2. The van der Waals surface area contributed by atoms with Gasteiger partial charge in [-0.25, -0.2) is 9.59 Å². The Bertz CT molecular complexity index is 462. The van der Waals surface area contributed by atoms with Gasteiger partial charge in [-0.3, -0.25) is 10.8 Å². The number of nitrogens with two attached hydrogens (primary N) is 2. The predicted octanol–water partition coefficient (Wildman–Crippen LogP) is -2.91. The second kappa shape index (κ2) is 15.4. The lowest BCUT2D eigenvalue weighted by Gasteiger charge is -2.22. The molecule has 0 fully saturated rings. The van der Waals surface area contributed by atoms with Gasteiger partial charge in [-0.1, -0.05) is 0 Å². The summed E-state index contributed by atoms with van der Waals surface area (Å²) in [5.41, 5.74) is 10.6. The van der Waals surface area contributed by atoms with Crippen LogP contribution in [0.15, 0.2) is 0 Å². The van der Waals surface area contributed by atoms with E-state index in [9.17, 15) is 9.59 Å². The van der Waals surface area contributed by atoms with Gasteiger partial charge in [0, 0.05) is 0 Å². The van der Waals surface area contributed by atoms with Gasteiger partial charge in [-0.15, -0.1) is 0 Å². The van der Waals surface area contributed by atoms with Crippen molar-refractivity contribution in [3.8, 4) is 0 Å². The second-order valence-corrected chi connectivity index (χ2v) is 5.07. The van der Waals surface area contributed by atoms with Crippen LogP contribution in [0.3, 0.4) is 0 Å². The summed E-state index contributed by atoms with van der Waals surface area (Å²) in [6.07, 6.45) is -0.736. The molecule has 0 rings (SSSR count). The van der Waals surface area contributed by atoms with Gasteiger partial charge < -0.3 is 40.8 Å². The maximum atomic E-state index is 11.8. The van der Waals surface area contributed by atoms with Crippen molar-refractivity contribution in [2.75, 3.05) is 52.7 Å². The first-order chi connectivity index (χ1) is 13.3. The number of hydroxylamine groups is 4. The highest BCUT2D eigenvalue weighted by molar-refractivity contribution is 5.81. The molecule has 14 nitrogen and oxygen atoms in total. The van der Waals surface area contributed by atoms with Crippen LogP contribution in [0.25, 0.3) is 0 Å². The quantitative estimate of drug-likeness (QED) is 0.0782. The van der Waals surface area contributed by atoms with E-state index in [0.29, 0.717) is 0 Å². The minimum absolute atomic E-state index is 0.0303. The fraction of sp³-hybridized carbons (Fsp3) is 0.714. The number of aliphatic hydroxyl groups is 2. The van der Waals surface area contributed by atoms with Crippen molar-refractivity contribution in [2.45, 2.75) is 12.8 Å². The predicted molar refractivity (Wildman–Crippen MR) is 94.5 cm³/mol. The van der Waals surface area contributed by atoms with E-state index in [-0.39, 0.29) is 65.6 Å². The van der Waals surface area contributed by atoms with Gasteiger partial charge in [0.1, 0.15) is 0 Å². The van der Waals surface area contributed by atoms with Crippen molar-refractivity contribution < 1.29 is 39.0 Å². The number of aliphatic hydroxyl groups excluding tert-OH is 2. The van der Waals surface area contributed by atoms with Crippen molar-refractivity contribution in [3.63, 3.8) is 0 Å². The molecule has 0 heterocycles. The lowest BCUT2D eigenvalue weighted by molar-refractivity contribution is -0.182. The minimum atomic E-state index is -0.838. The Hall–Kier alpha value is -2.68. The Balaban J connectivity index is 4.29. The summed E-state index contributed by atoms with van der Waals surface area (Å²) < 4.78 is 9.97. The monoisotopic (exact) mass is 408 g/mol. The molecule has 0 amide bonds. The number of nitrogens with one attached hydrogen (secondary N) is 2. The van der Waals surface area contributed by atoms with Crippen molar-refractivity contribution >= 4 is 23.9 Å². The van der Waals surface area contributed by atoms with Gasteiger partial charge in [0.25, 0.3) is 0 Å². The molecule has 0 saturated heterocycles. The molecule has 8 N–H and O–H groups in total. The second-order valence-electron chi connectivity index (χ2n) is 5.07. The number of ether oxygens (including phenoxy) is 2. The van der Waals surface area contributed by atoms with Crippen molar-refractivity contribution in [1.82, 2.24) is 10.1 Å².